The summed E-state index contributed by atoms with van der Waals surface area (Å²) in [4.78, 5) is 13.8. The molecule has 6 heteroatoms. The molecule has 1 amide bonds. The fraction of sp³-hybridized carbons (Fsp3) is 0.929. The Morgan fingerprint density at radius 3 is 2.15 bits per heavy atom. The van der Waals surface area contributed by atoms with Gasteiger partial charge in [0.05, 0.1) is 0 Å². The minimum absolute atomic E-state index is 0.152. The van der Waals surface area contributed by atoms with E-state index in [-0.39, 0.29) is 6.09 Å². The van der Waals surface area contributed by atoms with Crippen LogP contribution in [0.4, 0.5) is 4.79 Å². The van der Waals surface area contributed by atoms with Crippen molar-refractivity contribution in [2.45, 2.75) is 65.5 Å². The van der Waals surface area contributed by atoms with Gasteiger partial charge in [0.1, 0.15) is 0 Å². The molecule has 0 heterocycles. The molecular weight excluding hydrogens is 286 g/mol. The molecule has 0 aromatic carbocycles. The van der Waals surface area contributed by atoms with Crippen LogP contribution in [0.2, 0.25) is 38.8 Å². The zero-order valence-corrected chi connectivity index (χ0v) is 16.4. The number of amides is 1. The predicted molar refractivity (Wildman–Crippen MR) is 90.2 cm³/mol. The number of nitrogens with zero attached hydrogens (tertiary/aromatic N) is 1. The SMILES string of the molecule is CCCO[Si](C)(C)CCCN(CC)C(=O)O[Si](C)(C)C. The second kappa shape index (κ2) is 8.84. The maximum atomic E-state index is 12.0. The number of carbonyl (C=O) groups excluding carboxylic acids is 1. The van der Waals surface area contributed by atoms with E-state index in [9.17, 15) is 4.79 Å². The smallest absolute Gasteiger partial charge is 0.396 e. The molecule has 0 aliphatic rings. The van der Waals surface area contributed by atoms with Gasteiger partial charge in [0.2, 0.25) is 8.32 Å². The molecule has 0 spiro atoms. The van der Waals surface area contributed by atoms with Crippen LogP contribution in [0.25, 0.3) is 0 Å². The summed E-state index contributed by atoms with van der Waals surface area (Å²) in [7, 11) is -3.36. The van der Waals surface area contributed by atoms with E-state index in [0.29, 0.717) is 6.54 Å². The van der Waals surface area contributed by atoms with Gasteiger partial charge in [-0.2, -0.15) is 0 Å². The second-order valence-electron chi connectivity index (χ2n) is 6.77. The number of rotatable bonds is 9. The van der Waals surface area contributed by atoms with Gasteiger partial charge in [0.25, 0.3) is 0 Å². The Hall–Kier alpha value is -0.336. The molecule has 0 saturated heterocycles. The van der Waals surface area contributed by atoms with Crippen molar-refractivity contribution >= 4 is 22.7 Å². The summed E-state index contributed by atoms with van der Waals surface area (Å²) in [5.41, 5.74) is 0. The molecule has 0 aromatic heterocycles. The number of hydrogen-bond acceptors (Lipinski definition) is 3. The first kappa shape index (κ1) is 19.7. The Labute approximate surface area is 127 Å². The van der Waals surface area contributed by atoms with Crippen LogP contribution in [0.3, 0.4) is 0 Å². The van der Waals surface area contributed by atoms with E-state index in [2.05, 4.69) is 20.0 Å². The van der Waals surface area contributed by atoms with Crippen LogP contribution < -0.4 is 0 Å². The molecule has 0 unspecified atom stereocenters. The first-order valence-electron chi connectivity index (χ1n) is 7.73. The maximum absolute atomic E-state index is 12.0. The topological polar surface area (TPSA) is 38.8 Å². The van der Waals surface area contributed by atoms with Crippen molar-refractivity contribution in [3.8, 4) is 0 Å². The van der Waals surface area contributed by atoms with Gasteiger partial charge in [-0.1, -0.05) is 6.92 Å². The first-order chi connectivity index (χ1) is 9.11. The van der Waals surface area contributed by atoms with Crippen LogP contribution >= 0.6 is 0 Å². The zero-order valence-electron chi connectivity index (χ0n) is 14.4. The average Bonchev–Trinajstić information content (AvgIpc) is 2.30. The van der Waals surface area contributed by atoms with E-state index < -0.39 is 16.6 Å². The molecule has 0 aliphatic carbocycles. The van der Waals surface area contributed by atoms with Crippen LogP contribution in [0.5, 0.6) is 0 Å². The van der Waals surface area contributed by atoms with E-state index in [0.717, 1.165) is 32.0 Å². The monoisotopic (exact) mass is 319 g/mol. The molecule has 0 aliphatic heterocycles. The Morgan fingerprint density at radius 2 is 1.70 bits per heavy atom. The third-order valence-electron chi connectivity index (χ3n) is 2.94. The summed E-state index contributed by atoms with van der Waals surface area (Å²) in [5, 5.41) is 0. The highest BCUT2D eigenvalue weighted by atomic mass is 28.4. The molecule has 0 saturated carbocycles. The van der Waals surface area contributed by atoms with Crippen molar-refractivity contribution in [2.75, 3.05) is 19.7 Å². The lowest BCUT2D eigenvalue weighted by molar-refractivity contribution is 0.152. The summed E-state index contributed by atoms with van der Waals surface area (Å²) in [6.45, 7) is 17.1. The van der Waals surface area contributed by atoms with Crippen LogP contribution in [-0.2, 0) is 8.85 Å². The minimum atomic E-state index is -1.80. The second-order valence-corrected chi connectivity index (χ2v) is 15.5. The Kier molecular flexibility index (Phi) is 8.69. The average molecular weight is 320 g/mol. The van der Waals surface area contributed by atoms with Gasteiger partial charge in [-0.25, -0.2) is 4.79 Å². The molecule has 0 aromatic rings. The van der Waals surface area contributed by atoms with Crippen molar-refractivity contribution in [3.05, 3.63) is 0 Å². The molecule has 0 atom stereocenters. The lowest BCUT2D eigenvalue weighted by Crippen LogP contribution is -2.40. The zero-order chi connectivity index (χ0) is 15.8. The lowest BCUT2D eigenvalue weighted by Gasteiger charge is -2.27. The largest absolute Gasteiger partial charge is 0.504 e. The van der Waals surface area contributed by atoms with Crippen molar-refractivity contribution < 1.29 is 13.6 Å². The highest BCUT2D eigenvalue weighted by Crippen LogP contribution is 2.15. The van der Waals surface area contributed by atoms with E-state index in [4.69, 9.17) is 8.85 Å². The standard InChI is InChI=1S/C14H33NO3Si2/c1-8-12-17-20(6,7)13-10-11-15(9-2)14(16)18-19(3,4)5/h8-13H2,1-7H3. The Bertz CT molecular complexity index is 291. The Morgan fingerprint density at radius 1 is 1.10 bits per heavy atom. The van der Waals surface area contributed by atoms with Crippen LogP contribution in [-0.4, -0.2) is 47.3 Å². The van der Waals surface area contributed by atoms with Gasteiger partial charge in [0, 0.05) is 19.7 Å². The van der Waals surface area contributed by atoms with Crippen molar-refractivity contribution in [2.24, 2.45) is 0 Å². The van der Waals surface area contributed by atoms with E-state index in [1.165, 1.54) is 0 Å². The molecule has 0 N–H and O–H groups in total. The summed E-state index contributed by atoms with van der Waals surface area (Å²) in [6.07, 6.45) is 1.91. The van der Waals surface area contributed by atoms with Crippen LogP contribution in [0, 0.1) is 0 Å². The molecule has 0 radical (unpaired) electrons. The molecule has 0 fully saturated rings. The van der Waals surface area contributed by atoms with Crippen molar-refractivity contribution in [1.29, 1.82) is 0 Å². The summed E-state index contributed by atoms with van der Waals surface area (Å²) < 4.78 is 11.5. The summed E-state index contributed by atoms with van der Waals surface area (Å²) in [5.74, 6) is 0. The van der Waals surface area contributed by atoms with Crippen LogP contribution in [0.1, 0.15) is 26.7 Å². The van der Waals surface area contributed by atoms with E-state index >= 15 is 0 Å². The summed E-state index contributed by atoms with van der Waals surface area (Å²) in [6, 6.07) is 1.09. The van der Waals surface area contributed by atoms with Gasteiger partial charge in [-0.3, -0.25) is 0 Å². The van der Waals surface area contributed by atoms with Crippen molar-refractivity contribution in [1.82, 2.24) is 4.90 Å². The van der Waals surface area contributed by atoms with Gasteiger partial charge >= 0.3 is 6.09 Å². The fourth-order valence-electron chi connectivity index (χ4n) is 1.85. The normalized spacial score (nSPS) is 12.3. The minimum Gasteiger partial charge on any atom is -0.504 e. The predicted octanol–water partition coefficient (Wildman–Crippen LogP) is 4.30. The Balaban J connectivity index is 4.16. The third kappa shape index (κ3) is 9.55. The molecule has 4 nitrogen and oxygen atoms in total. The number of hydrogen-bond donors (Lipinski definition) is 0. The van der Waals surface area contributed by atoms with E-state index in [1.807, 2.05) is 31.5 Å². The number of carbonyl (C=O) groups is 1. The van der Waals surface area contributed by atoms with Gasteiger partial charge in [-0.15, -0.1) is 0 Å². The van der Waals surface area contributed by atoms with Gasteiger partial charge < -0.3 is 13.8 Å². The molecule has 20 heavy (non-hydrogen) atoms. The van der Waals surface area contributed by atoms with Crippen molar-refractivity contribution in [3.63, 3.8) is 0 Å². The van der Waals surface area contributed by atoms with Crippen LogP contribution in [0.15, 0.2) is 0 Å². The van der Waals surface area contributed by atoms with Gasteiger partial charge in [0.15, 0.2) is 8.32 Å². The highest BCUT2D eigenvalue weighted by molar-refractivity contribution is 6.71. The van der Waals surface area contributed by atoms with Gasteiger partial charge in [-0.05, 0) is 58.5 Å². The van der Waals surface area contributed by atoms with E-state index in [1.54, 1.807) is 0 Å². The summed E-state index contributed by atoms with van der Waals surface area (Å²) >= 11 is 0. The highest BCUT2D eigenvalue weighted by Gasteiger charge is 2.25. The molecule has 120 valence electrons. The lowest BCUT2D eigenvalue weighted by atomic mass is 10.4. The first-order valence-corrected chi connectivity index (χ1v) is 14.3. The fourth-order valence-corrected chi connectivity index (χ4v) is 4.41. The molecule has 0 bridgehead atoms. The molecule has 0 rings (SSSR count). The maximum Gasteiger partial charge on any atom is 0.396 e. The quantitative estimate of drug-likeness (QED) is 0.595. The third-order valence-corrected chi connectivity index (χ3v) is 6.27. The molecular formula is C14H33NO3Si2.